The zero-order valence-electron chi connectivity index (χ0n) is 8.08. The Bertz CT molecular complexity index is 300. The largest absolute Gasteiger partial charge is 0.350 e. The summed E-state index contributed by atoms with van der Waals surface area (Å²) in [5.74, 6) is 0.305. The molecule has 0 fully saturated rings. The van der Waals surface area contributed by atoms with E-state index in [4.69, 9.17) is 11.6 Å². The molecule has 6 heteroatoms. The maximum Gasteiger partial charge on any atom is 0.272 e. The number of halogens is 1. The van der Waals surface area contributed by atoms with Gasteiger partial charge in [0.1, 0.15) is 0 Å². The Hall–Kier alpha value is -0.680. The van der Waals surface area contributed by atoms with Gasteiger partial charge < -0.3 is 5.32 Å². The summed E-state index contributed by atoms with van der Waals surface area (Å²) in [5, 5.41) is 8.04. The molecule has 1 aromatic heterocycles. The van der Waals surface area contributed by atoms with Crippen molar-refractivity contribution >= 4 is 29.0 Å². The molecule has 0 atom stereocenters. The lowest BCUT2D eigenvalue weighted by Gasteiger charge is -2.21. The van der Waals surface area contributed by atoms with Gasteiger partial charge in [0.15, 0.2) is 5.69 Å². The highest BCUT2D eigenvalue weighted by atomic mass is 35.5. The van der Waals surface area contributed by atoms with Crippen molar-refractivity contribution in [3.8, 4) is 0 Å². The molecular weight excluding hydrogens is 222 g/mol. The van der Waals surface area contributed by atoms with Gasteiger partial charge in [-0.3, -0.25) is 4.79 Å². The number of nitrogens with zero attached hydrogens (tertiary/aromatic N) is 2. The number of carbonyl (C=O) groups is 1. The summed E-state index contributed by atoms with van der Waals surface area (Å²) in [4.78, 5) is 11.4. The summed E-state index contributed by atoms with van der Waals surface area (Å²) in [6.07, 6.45) is 0. The van der Waals surface area contributed by atoms with Crippen LogP contribution in [0.4, 0.5) is 0 Å². The molecule has 1 amide bonds. The minimum Gasteiger partial charge on any atom is -0.350 e. The van der Waals surface area contributed by atoms with Gasteiger partial charge in [0.2, 0.25) is 0 Å². The predicted octanol–water partition coefficient (Wildman–Crippen LogP) is 1.53. The number of carbonyl (C=O) groups excluding carboxylic acids is 1. The van der Waals surface area contributed by atoms with Crippen molar-refractivity contribution in [2.45, 2.75) is 13.8 Å². The molecule has 1 heterocycles. The van der Waals surface area contributed by atoms with Crippen LogP contribution in [0.5, 0.6) is 0 Å². The van der Waals surface area contributed by atoms with Gasteiger partial charge in [-0.15, -0.1) is 16.7 Å². The Morgan fingerprint density at radius 1 is 1.71 bits per heavy atom. The first-order chi connectivity index (χ1) is 6.55. The van der Waals surface area contributed by atoms with Crippen molar-refractivity contribution < 1.29 is 4.79 Å². The average molecular weight is 234 g/mol. The average Bonchev–Trinajstić information content (AvgIpc) is 2.67. The minimum atomic E-state index is -0.197. The van der Waals surface area contributed by atoms with E-state index in [9.17, 15) is 4.79 Å². The maximum absolute atomic E-state index is 11.4. The lowest BCUT2D eigenvalue weighted by Crippen LogP contribution is -2.35. The van der Waals surface area contributed by atoms with E-state index in [1.165, 1.54) is 0 Å². The van der Waals surface area contributed by atoms with E-state index in [-0.39, 0.29) is 11.3 Å². The fourth-order valence-electron chi connectivity index (χ4n) is 0.721. The van der Waals surface area contributed by atoms with Crippen LogP contribution in [-0.2, 0) is 0 Å². The van der Waals surface area contributed by atoms with Crippen molar-refractivity contribution in [2.75, 3.05) is 12.4 Å². The SMILES string of the molecule is CC(C)(CCl)CNC(=O)c1csnn1. The number of nitrogens with one attached hydrogen (secondary N) is 1. The molecule has 0 aliphatic heterocycles. The molecule has 1 rings (SSSR count). The van der Waals surface area contributed by atoms with E-state index >= 15 is 0 Å². The van der Waals surface area contributed by atoms with Crippen LogP contribution < -0.4 is 5.32 Å². The Kier molecular flexibility index (Phi) is 3.83. The summed E-state index contributed by atoms with van der Waals surface area (Å²) in [6, 6.07) is 0. The van der Waals surface area contributed by atoms with E-state index in [1.54, 1.807) is 5.38 Å². The van der Waals surface area contributed by atoms with Crippen LogP contribution in [0.1, 0.15) is 24.3 Å². The van der Waals surface area contributed by atoms with Crippen molar-refractivity contribution in [3.63, 3.8) is 0 Å². The number of hydrogen-bond donors (Lipinski definition) is 1. The van der Waals surface area contributed by atoms with Crippen LogP contribution in [0.3, 0.4) is 0 Å². The van der Waals surface area contributed by atoms with Crippen LogP contribution in [0.15, 0.2) is 5.38 Å². The molecule has 78 valence electrons. The van der Waals surface area contributed by atoms with Crippen LogP contribution in [-0.4, -0.2) is 27.9 Å². The highest BCUT2D eigenvalue weighted by Gasteiger charge is 2.18. The number of amides is 1. The van der Waals surface area contributed by atoms with Gasteiger partial charge in [-0.05, 0) is 16.9 Å². The molecule has 0 bridgehead atoms. The molecule has 0 aliphatic carbocycles. The summed E-state index contributed by atoms with van der Waals surface area (Å²) >= 11 is 6.88. The third-order valence-electron chi connectivity index (χ3n) is 1.68. The topological polar surface area (TPSA) is 54.9 Å². The van der Waals surface area contributed by atoms with Crippen LogP contribution in [0.25, 0.3) is 0 Å². The Morgan fingerprint density at radius 3 is 2.93 bits per heavy atom. The minimum absolute atomic E-state index is 0.0966. The second-order valence-corrected chi connectivity index (χ2v) is 4.65. The molecule has 4 nitrogen and oxygen atoms in total. The maximum atomic E-state index is 11.4. The lowest BCUT2D eigenvalue weighted by atomic mass is 9.96. The number of aromatic nitrogens is 2. The molecule has 1 aromatic rings. The molecule has 1 N–H and O–H groups in total. The molecule has 14 heavy (non-hydrogen) atoms. The highest BCUT2D eigenvalue weighted by molar-refractivity contribution is 7.03. The van der Waals surface area contributed by atoms with Gasteiger partial charge >= 0.3 is 0 Å². The van der Waals surface area contributed by atoms with Gasteiger partial charge in [0.05, 0.1) is 0 Å². The Labute approximate surface area is 91.8 Å². The fraction of sp³-hybridized carbons (Fsp3) is 0.625. The first kappa shape index (κ1) is 11.4. The van der Waals surface area contributed by atoms with Crippen LogP contribution in [0.2, 0.25) is 0 Å². The lowest BCUT2D eigenvalue weighted by molar-refractivity contribution is 0.0935. The van der Waals surface area contributed by atoms with E-state index in [1.807, 2.05) is 13.8 Å². The molecule has 0 saturated heterocycles. The molecule has 0 saturated carbocycles. The van der Waals surface area contributed by atoms with Crippen LogP contribution >= 0.6 is 23.1 Å². The van der Waals surface area contributed by atoms with Gasteiger partial charge in [-0.25, -0.2) is 0 Å². The molecule has 0 unspecified atom stereocenters. The summed E-state index contributed by atoms with van der Waals surface area (Å²) in [6.45, 7) is 4.51. The zero-order chi connectivity index (χ0) is 10.6. The second-order valence-electron chi connectivity index (χ2n) is 3.77. The molecule has 0 aliphatic rings. The quantitative estimate of drug-likeness (QED) is 0.803. The molecule has 0 radical (unpaired) electrons. The number of rotatable bonds is 4. The highest BCUT2D eigenvalue weighted by Crippen LogP contribution is 2.15. The Morgan fingerprint density at radius 2 is 2.43 bits per heavy atom. The number of hydrogen-bond acceptors (Lipinski definition) is 4. The summed E-state index contributed by atoms with van der Waals surface area (Å²) < 4.78 is 3.61. The van der Waals surface area contributed by atoms with E-state index in [2.05, 4.69) is 14.9 Å². The monoisotopic (exact) mass is 233 g/mol. The first-order valence-electron chi connectivity index (χ1n) is 4.16. The first-order valence-corrected chi connectivity index (χ1v) is 5.53. The van der Waals surface area contributed by atoms with Gasteiger partial charge in [-0.2, -0.15) is 0 Å². The van der Waals surface area contributed by atoms with Crippen LogP contribution in [0, 0.1) is 5.41 Å². The fourth-order valence-corrected chi connectivity index (χ4v) is 1.25. The van der Waals surface area contributed by atoms with Crippen molar-refractivity contribution in [2.24, 2.45) is 5.41 Å². The Balaban J connectivity index is 2.43. The van der Waals surface area contributed by atoms with Crippen molar-refractivity contribution in [1.82, 2.24) is 14.9 Å². The number of alkyl halides is 1. The predicted molar refractivity (Wildman–Crippen MR) is 56.7 cm³/mol. The summed E-state index contributed by atoms with van der Waals surface area (Å²) in [7, 11) is 0. The molecular formula is C8H12ClN3OS. The normalized spacial score (nSPS) is 11.4. The van der Waals surface area contributed by atoms with Gasteiger partial charge in [0, 0.05) is 17.8 Å². The molecule has 0 spiro atoms. The smallest absolute Gasteiger partial charge is 0.272 e. The van der Waals surface area contributed by atoms with Crippen molar-refractivity contribution in [3.05, 3.63) is 11.1 Å². The zero-order valence-corrected chi connectivity index (χ0v) is 9.65. The summed E-state index contributed by atoms with van der Waals surface area (Å²) in [5.41, 5.74) is 0.265. The van der Waals surface area contributed by atoms with E-state index < -0.39 is 0 Å². The van der Waals surface area contributed by atoms with Crippen molar-refractivity contribution in [1.29, 1.82) is 0 Å². The third kappa shape index (κ3) is 3.23. The second kappa shape index (κ2) is 4.70. The van der Waals surface area contributed by atoms with Gasteiger partial charge in [-0.1, -0.05) is 18.3 Å². The van der Waals surface area contributed by atoms with E-state index in [0.29, 0.717) is 18.1 Å². The van der Waals surface area contributed by atoms with Gasteiger partial charge in [0.25, 0.3) is 5.91 Å². The van der Waals surface area contributed by atoms with E-state index in [0.717, 1.165) is 11.5 Å². The molecule has 0 aromatic carbocycles. The third-order valence-corrected chi connectivity index (χ3v) is 2.91. The standard InChI is InChI=1S/C8H12ClN3OS/c1-8(2,4-9)5-10-7(13)6-3-14-12-11-6/h3H,4-5H2,1-2H3,(H,10,13).